The van der Waals surface area contributed by atoms with Crippen LogP contribution in [0.1, 0.15) is 54.2 Å². The molecule has 7 nitrogen and oxygen atoms in total. The minimum absolute atomic E-state index is 0.210. The van der Waals surface area contributed by atoms with E-state index in [1.54, 1.807) is 12.4 Å². The molecule has 0 unspecified atom stereocenters. The average molecular weight is 372 g/mol. The third kappa shape index (κ3) is 3.71. The molecule has 1 aromatic heterocycles. The smallest absolute Gasteiger partial charge is 0.276 e. The van der Waals surface area contributed by atoms with Gasteiger partial charge in [0.15, 0.2) is 0 Å². The summed E-state index contributed by atoms with van der Waals surface area (Å²) < 4.78 is 0. The molecule has 1 aromatic rings. The maximum atomic E-state index is 11.5. The van der Waals surface area contributed by atoms with E-state index in [0.717, 1.165) is 56.3 Å². The quantitative estimate of drug-likeness (QED) is 0.622. The standard InChI is InChI=1S/C20H28N4O3/c1-14(25)24-12-20(13-24)5-2-15(3-6-20)10-23-7-4-16-8-17(19(26)22-27)9-21-18(16)11-23/h8-9,15,27H,2-7,10-13H2,1H3,(H,22,26). The van der Waals surface area contributed by atoms with E-state index < -0.39 is 5.91 Å². The molecular formula is C20H28N4O3. The Kier molecular flexibility index (Phi) is 4.90. The van der Waals surface area contributed by atoms with Crippen molar-refractivity contribution in [1.82, 2.24) is 20.3 Å². The maximum Gasteiger partial charge on any atom is 0.276 e. The van der Waals surface area contributed by atoms with Crippen LogP contribution in [0.25, 0.3) is 0 Å². The van der Waals surface area contributed by atoms with Crippen molar-refractivity contribution in [2.24, 2.45) is 11.3 Å². The summed E-state index contributed by atoms with van der Waals surface area (Å²) in [5, 5.41) is 8.76. The Hall–Kier alpha value is -1.99. The number of carbonyl (C=O) groups is 2. The minimum Gasteiger partial charge on any atom is -0.342 e. The molecule has 1 saturated heterocycles. The number of fused-ring (bicyclic) bond motifs is 1. The van der Waals surface area contributed by atoms with Crippen LogP contribution >= 0.6 is 0 Å². The van der Waals surface area contributed by atoms with Crippen molar-refractivity contribution in [2.45, 2.75) is 45.6 Å². The number of pyridine rings is 1. The lowest BCUT2D eigenvalue weighted by Gasteiger charge is -2.53. The van der Waals surface area contributed by atoms with Crippen LogP contribution in [0.15, 0.2) is 12.3 Å². The van der Waals surface area contributed by atoms with E-state index in [4.69, 9.17) is 5.21 Å². The molecule has 2 amide bonds. The lowest BCUT2D eigenvalue weighted by molar-refractivity contribution is -0.143. The molecule has 27 heavy (non-hydrogen) atoms. The third-order valence-corrected chi connectivity index (χ3v) is 6.67. The number of carbonyl (C=O) groups excluding carboxylic acids is 2. The van der Waals surface area contributed by atoms with Gasteiger partial charge >= 0.3 is 0 Å². The molecule has 0 bridgehead atoms. The fourth-order valence-corrected chi connectivity index (χ4v) is 4.95. The number of hydrogen-bond acceptors (Lipinski definition) is 5. The molecule has 1 saturated carbocycles. The zero-order chi connectivity index (χ0) is 19.0. The van der Waals surface area contributed by atoms with E-state index in [0.29, 0.717) is 11.0 Å². The van der Waals surface area contributed by atoms with Crippen LogP contribution in [0.2, 0.25) is 0 Å². The molecule has 146 valence electrons. The first-order valence-electron chi connectivity index (χ1n) is 9.88. The molecule has 1 aliphatic carbocycles. The summed E-state index contributed by atoms with van der Waals surface area (Å²) in [6.45, 7) is 6.50. The number of nitrogens with one attached hydrogen (secondary N) is 1. The first-order valence-corrected chi connectivity index (χ1v) is 9.88. The number of rotatable bonds is 3. The lowest BCUT2D eigenvalue weighted by atomic mass is 9.66. The summed E-state index contributed by atoms with van der Waals surface area (Å²) >= 11 is 0. The van der Waals surface area contributed by atoms with Crippen LogP contribution < -0.4 is 5.48 Å². The van der Waals surface area contributed by atoms with Gasteiger partial charge in [0.1, 0.15) is 0 Å². The van der Waals surface area contributed by atoms with Crippen LogP contribution in [0.5, 0.6) is 0 Å². The molecule has 3 heterocycles. The van der Waals surface area contributed by atoms with Gasteiger partial charge in [-0.05, 0) is 49.7 Å². The van der Waals surface area contributed by atoms with Gasteiger partial charge in [0, 0.05) is 51.3 Å². The van der Waals surface area contributed by atoms with E-state index in [-0.39, 0.29) is 5.91 Å². The monoisotopic (exact) mass is 372 g/mol. The Bertz CT molecular complexity index is 735. The highest BCUT2D eigenvalue weighted by molar-refractivity contribution is 5.93. The Morgan fingerprint density at radius 3 is 2.74 bits per heavy atom. The number of hydrogen-bond donors (Lipinski definition) is 2. The number of aromatic nitrogens is 1. The van der Waals surface area contributed by atoms with Crippen molar-refractivity contribution in [3.05, 3.63) is 29.1 Å². The van der Waals surface area contributed by atoms with E-state index in [1.807, 2.05) is 11.0 Å². The highest BCUT2D eigenvalue weighted by atomic mass is 16.5. The number of likely N-dealkylation sites (tertiary alicyclic amines) is 1. The van der Waals surface area contributed by atoms with Gasteiger partial charge in [-0.1, -0.05) is 0 Å². The zero-order valence-corrected chi connectivity index (χ0v) is 15.9. The topological polar surface area (TPSA) is 85.8 Å². The van der Waals surface area contributed by atoms with Crippen molar-refractivity contribution < 1.29 is 14.8 Å². The van der Waals surface area contributed by atoms with Gasteiger partial charge in [0.25, 0.3) is 5.91 Å². The molecule has 3 aliphatic rings. The number of nitrogens with zero attached hydrogens (tertiary/aromatic N) is 3. The summed E-state index contributed by atoms with van der Waals surface area (Å²) in [6, 6.07) is 1.84. The second-order valence-electron chi connectivity index (χ2n) is 8.57. The number of amides is 2. The van der Waals surface area contributed by atoms with E-state index in [2.05, 4.69) is 9.88 Å². The van der Waals surface area contributed by atoms with E-state index >= 15 is 0 Å². The van der Waals surface area contributed by atoms with E-state index in [1.165, 1.54) is 31.9 Å². The van der Waals surface area contributed by atoms with Crippen LogP contribution in [0.4, 0.5) is 0 Å². The van der Waals surface area contributed by atoms with Crippen molar-refractivity contribution >= 4 is 11.8 Å². The molecule has 1 spiro atoms. The SMILES string of the molecule is CC(=O)N1CC2(CCC(CN3CCc4cc(C(=O)NO)cnc4C3)CC2)C1. The van der Waals surface area contributed by atoms with E-state index in [9.17, 15) is 9.59 Å². The summed E-state index contributed by atoms with van der Waals surface area (Å²) in [5.41, 5.74) is 4.62. The molecule has 0 radical (unpaired) electrons. The molecule has 2 fully saturated rings. The third-order valence-electron chi connectivity index (χ3n) is 6.67. The van der Waals surface area contributed by atoms with Crippen LogP contribution in [-0.4, -0.2) is 58.0 Å². The predicted octanol–water partition coefficient (Wildman–Crippen LogP) is 1.60. The first kappa shape index (κ1) is 18.4. The van der Waals surface area contributed by atoms with Crippen molar-refractivity contribution in [2.75, 3.05) is 26.2 Å². The molecule has 0 atom stereocenters. The highest BCUT2D eigenvalue weighted by Crippen LogP contribution is 2.45. The van der Waals surface area contributed by atoms with Gasteiger partial charge in [0.05, 0.1) is 11.3 Å². The Balaban J connectivity index is 1.29. The Morgan fingerprint density at radius 1 is 1.33 bits per heavy atom. The van der Waals surface area contributed by atoms with Crippen LogP contribution in [0, 0.1) is 11.3 Å². The van der Waals surface area contributed by atoms with Gasteiger partial charge in [-0.3, -0.25) is 24.7 Å². The second-order valence-corrected chi connectivity index (χ2v) is 8.57. The Labute approximate surface area is 159 Å². The van der Waals surface area contributed by atoms with Crippen LogP contribution in [-0.2, 0) is 17.8 Å². The van der Waals surface area contributed by atoms with Crippen molar-refractivity contribution in [3.8, 4) is 0 Å². The summed E-state index contributed by atoms with van der Waals surface area (Å²) in [7, 11) is 0. The number of hydroxylamine groups is 1. The maximum absolute atomic E-state index is 11.5. The average Bonchev–Trinajstić information content (AvgIpc) is 2.65. The van der Waals surface area contributed by atoms with Crippen LogP contribution in [0.3, 0.4) is 0 Å². The minimum atomic E-state index is -0.511. The van der Waals surface area contributed by atoms with Crippen molar-refractivity contribution in [1.29, 1.82) is 0 Å². The van der Waals surface area contributed by atoms with Crippen molar-refractivity contribution in [3.63, 3.8) is 0 Å². The lowest BCUT2D eigenvalue weighted by Crippen LogP contribution is -2.59. The molecule has 7 heteroatoms. The summed E-state index contributed by atoms with van der Waals surface area (Å²) in [4.78, 5) is 31.9. The van der Waals surface area contributed by atoms with Gasteiger partial charge < -0.3 is 4.90 Å². The molecule has 2 aliphatic heterocycles. The molecule has 2 N–H and O–H groups in total. The van der Waals surface area contributed by atoms with Gasteiger partial charge in [-0.25, -0.2) is 5.48 Å². The fourth-order valence-electron chi connectivity index (χ4n) is 4.95. The predicted molar refractivity (Wildman–Crippen MR) is 99.1 cm³/mol. The highest BCUT2D eigenvalue weighted by Gasteiger charge is 2.46. The Morgan fingerprint density at radius 2 is 2.07 bits per heavy atom. The molecular weight excluding hydrogens is 344 g/mol. The summed E-state index contributed by atoms with van der Waals surface area (Å²) in [6.07, 6.45) is 7.40. The van der Waals surface area contributed by atoms with Gasteiger partial charge in [0.2, 0.25) is 5.91 Å². The normalized spacial score (nSPS) is 22.2. The zero-order valence-electron chi connectivity index (χ0n) is 15.9. The largest absolute Gasteiger partial charge is 0.342 e. The molecule has 4 rings (SSSR count). The second kappa shape index (κ2) is 7.20. The fraction of sp³-hybridized carbons (Fsp3) is 0.650. The van der Waals surface area contributed by atoms with Gasteiger partial charge in [-0.15, -0.1) is 0 Å². The van der Waals surface area contributed by atoms with Gasteiger partial charge in [-0.2, -0.15) is 0 Å². The summed E-state index contributed by atoms with van der Waals surface area (Å²) in [5.74, 6) is 0.424. The molecule has 0 aromatic carbocycles. The first-order chi connectivity index (χ1) is 13.0.